The molecule has 0 radical (unpaired) electrons. The van der Waals surface area contributed by atoms with E-state index in [0.29, 0.717) is 12.8 Å². The van der Waals surface area contributed by atoms with Crippen molar-refractivity contribution in [1.82, 2.24) is 0 Å². The summed E-state index contributed by atoms with van der Waals surface area (Å²) in [7, 11) is -5.12. The molecule has 7 nitrogen and oxygen atoms in total. The Bertz CT molecular complexity index is 684. The van der Waals surface area contributed by atoms with E-state index in [1.54, 1.807) is 0 Å². The summed E-state index contributed by atoms with van der Waals surface area (Å²) in [5.41, 5.74) is 0. The first kappa shape index (κ1) is 39.6. The number of unbranched alkanes of at least 4 members (excludes halogenated alkanes) is 18. The van der Waals surface area contributed by atoms with Crippen LogP contribution in [0.1, 0.15) is 155 Å². The van der Waals surface area contributed by atoms with Gasteiger partial charge in [-0.25, -0.2) is 0 Å². The van der Waals surface area contributed by atoms with Crippen molar-refractivity contribution in [3.8, 4) is 0 Å². The van der Waals surface area contributed by atoms with Gasteiger partial charge in [0, 0.05) is 0 Å². The molecule has 0 saturated carbocycles. The Kier molecular flexibility index (Phi) is 26.0. The molecule has 37 heavy (non-hydrogen) atoms. The fraction of sp³-hybridized carbons (Fsp3) is 0.929. The number of carboxylic acid groups (broad SMARTS) is 2. The molecule has 0 heterocycles. The van der Waals surface area contributed by atoms with Gasteiger partial charge in [-0.15, -0.1) is 0 Å². The van der Waals surface area contributed by atoms with Crippen LogP contribution >= 0.6 is 0 Å². The zero-order valence-electron chi connectivity index (χ0n) is 23.0. The summed E-state index contributed by atoms with van der Waals surface area (Å²) in [4.78, 5) is 24.2. The summed E-state index contributed by atoms with van der Waals surface area (Å²) in [5, 5.41) is 19.7. The Morgan fingerprint density at radius 2 is 0.946 bits per heavy atom. The SMILES string of the molecule is CCCCCCCCCCCCC(C(=O)O)C(CCCCCCCCCCCC)(C(=O)O)S(=O)(=O)O.[KH]. The van der Waals surface area contributed by atoms with Gasteiger partial charge in [0.25, 0.3) is 10.1 Å². The molecule has 0 aromatic rings. The summed E-state index contributed by atoms with van der Waals surface area (Å²) < 4.78 is 31.9. The molecule has 0 aromatic carbocycles. The number of hydrogen-bond acceptors (Lipinski definition) is 4. The van der Waals surface area contributed by atoms with E-state index in [-0.39, 0.29) is 70.6 Å². The topological polar surface area (TPSA) is 129 Å². The van der Waals surface area contributed by atoms with Gasteiger partial charge in [-0.05, 0) is 12.8 Å². The fourth-order valence-corrected chi connectivity index (χ4v) is 6.32. The van der Waals surface area contributed by atoms with Crippen LogP contribution in [0.15, 0.2) is 0 Å². The third-order valence-electron chi connectivity index (χ3n) is 7.43. The van der Waals surface area contributed by atoms with Crippen molar-refractivity contribution in [2.24, 2.45) is 5.92 Å². The van der Waals surface area contributed by atoms with Gasteiger partial charge in [0.05, 0.1) is 5.92 Å². The number of aliphatic carboxylic acids is 2. The second-order valence-corrected chi connectivity index (χ2v) is 12.1. The second kappa shape index (κ2) is 24.3. The Balaban J connectivity index is 0. The summed E-state index contributed by atoms with van der Waals surface area (Å²) >= 11 is 0. The summed E-state index contributed by atoms with van der Waals surface area (Å²) in [6.07, 6.45) is 19.7. The molecular formula is C28H55KO7S. The molecule has 0 fully saturated rings. The van der Waals surface area contributed by atoms with E-state index in [0.717, 1.165) is 51.4 Å². The van der Waals surface area contributed by atoms with E-state index >= 15 is 0 Å². The quantitative estimate of drug-likeness (QED) is 0.0558. The van der Waals surface area contributed by atoms with Crippen molar-refractivity contribution in [2.45, 2.75) is 160 Å². The van der Waals surface area contributed by atoms with Gasteiger partial charge in [-0.1, -0.05) is 142 Å². The van der Waals surface area contributed by atoms with Crippen LogP contribution in [-0.2, 0) is 19.7 Å². The molecule has 0 aliphatic carbocycles. The van der Waals surface area contributed by atoms with Gasteiger partial charge in [0.15, 0.2) is 0 Å². The van der Waals surface area contributed by atoms with Crippen LogP contribution in [0.2, 0.25) is 0 Å². The molecule has 0 aromatic heterocycles. The van der Waals surface area contributed by atoms with Crippen LogP contribution in [0, 0.1) is 5.92 Å². The molecule has 3 N–H and O–H groups in total. The number of carboxylic acids is 2. The van der Waals surface area contributed by atoms with Crippen LogP contribution in [0.4, 0.5) is 0 Å². The third-order valence-corrected chi connectivity index (χ3v) is 9.02. The van der Waals surface area contributed by atoms with Gasteiger partial charge in [-0.2, -0.15) is 8.42 Å². The first-order valence-electron chi connectivity index (χ1n) is 14.6. The molecule has 0 spiro atoms. The monoisotopic (exact) mass is 574 g/mol. The van der Waals surface area contributed by atoms with E-state index in [1.165, 1.54) is 57.8 Å². The van der Waals surface area contributed by atoms with Gasteiger partial charge in [0.2, 0.25) is 4.75 Å². The molecule has 9 heteroatoms. The van der Waals surface area contributed by atoms with Crippen molar-refractivity contribution in [3.63, 3.8) is 0 Å². The maximum absolute atomic E-state index is 12.3. The number of carbonyl (C=O) groups is 2. The predicted molar refractivity (Wildman–Crippen MR) is 153 cm³/mol. The van der Waals surface area contributed by atoms with Gasteiger partial charge < -0.3 is 10.2 Å². The van der Waals surface area contributed by atoms with Crippen LogP contribution in [-0.4, -0.2) is 91.3 Å². The zero-order chi connectivity index (χ0) is 27.3. The van der Waals surface area contributed by atoms with Crippen LogP contribution < -0.4 is 0 Å². The molecule has 0 aliphatic heterocycles. The predicted octanol–water partition coefficient (Wildman–Crippen LogP) is 7.37. The average Bonchev–Trinajstić information content (AvgIpc) is 2.80. The number of hydrogen-bond donors (Lipinski definition) is 3. The van der Waals surface area contributed by atoms with Crippen molar-refractivity contribution in [2.75, 3.05) is 0 Å². The third kappa shape index (κ3) is 17.0. The molecule has 0 saturated heterocycles. The molecular weight excluding hydrogens is 519 g/mol. The first-order valence-corrected chi connectivity index (χ1v) is 16.0. The Hall–Kier alpha value is 0.486. The normalized spacial score (nSPS) is 14.0. The maximum atomic E-state index is 12.3. The first-order chi connectivity index (χ1) is 17.1. The van der Waals surface area contributed by atoms with Crippen molar-refractivity contribution in [1.29, 1.82) is 0 Å². The minimum atomic E-state index is -5.12. The van der Waals surface area contributed by atoms with Crippen LogP contribution in [0.3, 0.4) is 0 Å². The summed E-state index contributed by atoms with van der Waals surface area (Å²) in [6, 6.07) is 0. The molecule has 0 aliphatic rings. The van der Waals surface area contributed by atoms with Crippen molar-refractivity contribution in [3.05, 3.63) is 0 Å². The Morgan fingerprint density at radius 1 is 0.622 bits per heavy atom. The van der Waals surface area contributed by atoms with E-state index < -0.39 is 32.7 Å². The van der Waals surface area contributed by atoms with Gasteiger partial charge >= 0.3 is 63.3 Å². The van der Waals surface area contributed by atoms with Gasteiger partial charge in [0.1, 0.15) is 0 Å². The Labute approximate surface area is 269 Å². The standard InChI is InChI=1S/C28H54O7S.K.H/c1-3-5-7-9-11-13-15-17-19-21-23-25(26(29)30)28(27(31)32,36(33,34)35)24-22-20-18-16-14-12-10-8-6-4-2;;/h25H,3-24H2,1-2H3,(H,29,30)(H,31,32)(H,33,34,35);;. The second-order valence-electron chi connectivity index (χ2n) is 10.5. The van der Waals surface area contributed by atoms with Crippen molar-refractivity contribution >= 4 is 73.4 Å². The summed E-state index contributed by atoms with van der Waals surface area (Å²) in [5.74, 6) is -4.91. The van der Waals surface area contributed by atoms with Gasteiger partial charge in [-0.3, -0.25) is 14.1 Å². The van der Waals surface area contributed by atoms with E-state index in [1.807, 2.05) is 0 Å². The van der Waals surface area contributed by atoms with Crippen molar-refractivity contribution < 1.29 is 32.8 Å². The van der Waals surface area contributed by atoms with E-state index in [9.17, 15) is 32.8 Å². The molecule has 2 unspecified atom stereocenters. The fourth-order valence-electron chi connectivity index (χ4n) is 5.12. The Morgan fingerprint density at radius 3 is 1.24 bits per heavy atom. The molecule has 216 valence electrons. The van der Waals surface area contributed by atoms with Crippen LogP contribution in [0.5, 0.6) is 0 Å². The molecule has 0 bridgehead atoms. The van der Waals surface area contributed by atoms with E-state index in [2.05, 4.69) is 13.8 Å². The summed E-state index contributed by atoms with van der Waals surface area (Å²) in [6.45, 7) is 4.36. The van der Waals surface area contributed by atoms with Crippen LogP contribution in [0.25, 0.3) is 0 Å². The van der Waals surface area contributed by atoms with E-state index in [4.69, 9.17) is 0 Å². The molecule has 0 amide bonds. The average molecular weight is 575 g/mol. The minimum absolute atomic E-state index is 0. The number of rotatable bonds is 26. The molecule has 2 atom stereocenters. The zero-order valence-corrected chi connectivity index (χ0v) is 23.8. The molecule has 0 rings (SSSR count).